The number of rotatable bonds is 5. The van der Waals surface area contributed by atoms with Crippen LogP contribution in [0.2, 0.25) is 0 Å². The maximum absolute atomic E-state index is 11.3. The Morgan fingerprint density at radius 2 is 2.11 bits per heavy atom. The molecule has 0 bridgehead atoms. The fourth-order valence-electron chi connectivity index (χ4n) is 1.59. The zero-order valence-corrected chi connectivity index (χ0v) is 10.5. The number of Topliss-reactive ketones (excluding diaryl/α,β-unsaturated/α-hetero) is 1. The molecule has 0 radical (unpaired) electrons. The molecule has 18 heavy (non-hydrogen) atoms. The molecule has 0 aliphatic heterocycles. The van der Waals surface area contributed by atoms with E-state index in [2.05, 4.69) is 0 Å². The molecular weight excluding hydrogens is 256 g/mol. The summed E-state index contributed by atoms with van der Waals surface area (Å²) >= 11 is 6.00. The molecule has 1 aromatic rings. The second-order valence-electron chi connectivity index (χ2n) is 3.72. The molecule has 0 fully saturated rings. The fourth-order valence-corrected chi connectivity index (χ4v) is 1.86. The Kier molecular flexibility index (Phi) is 5.07. The highest BCUT2D eigenvalue weighted by atomic mass is 35.5. The van der Waals surface area contributed by atoms with Crippen LogP contribution in [0.15, 0.2) is 24.3 Å². The molecule has 1 unspecified atom stereocenters. The minimum Gasteiger partial charge on any atom is -0.478 e. The van der Waals surface area contributed by atoms with Crippen molar-refractivity contribution in [3.8, 4) is 0 Å². The van der Waals surface area contributed by atoms with Gasteiger partial charge in [0, 0.05) is 6.08 Å². The lowest BCUT2D eigenvalue weighted by Crippen LogP contribution is -2.07. The van der Waals surface area contributed by atoms with Crippen molar-refractivity contribution < 1.29 is 19.8 Å². The quantitative estimate of drug-likeness (QED) is 0.634. The van der Waals surface area contributed by atoms with Crippen LogP contribution >= 0.6 is 11.6 Å². The van der Waals surface area contributed by atoms with Gasteiger partial charge in [-0.05, 0) is 29.7 Å². The lowest BCUT2D eigenvalue weighted by Gasteiger charge is -2.14. The van der Waals surface area contributed by atoms with Crippen LogP contribution < -0.4 is 0 Å². The summed E-state index contributed by atoms with van der Waals surface area (Å²) in [5.41, 5.74) is 1.48. The number of aliphatic hydroxyl groups excluding tert-OH is 1. The highest BCUT2D eigenvalue weighted by Gasteiger charge is 2.19. The lowest BCUT2D eigenvalue weighted by molar-refractivity contribution is -0.131. The molecule has 0 heterocycles. The van der Waals surface area contributed by atoms with E-state index in [1.54, 1.807) is 18.2 Å². The van der Waals surface area contributed by atoms with Gasteiger partial charge in [-0.25, -0.2) is 4.79 Å². The number of ketones is 1. The van der Waals surface area contributed by atoms with Crippen molar-refractivity contribution in [2.75, 3.05) is 0 Å². The van der Waals surface area contributed by atoms with Crippen LogP contribution in [0.5, 0.6) is 0 Å². The third-order valence-electron chi connectivity index (χ3n) is 2.42. The molecule has 0 spiro atoms. The van der Waals surface area contributed by atoms with Crippen molar-refractivity contribution in [3.05, 3.63) is 41.0 Å². The molecule has 0 aromatic heterocycles. The standard InChI is InChI=1S/C13H13ClO4/c1-8(16)13(14)12-9(5-6-11(17)18)3-2-4-10(12)7-15/h2-6,13,15H,7H2,1H3,(H,17,18). The van der Waals surface area contributed by atoms with E-state index in [4.69, 9.17) is 16.7 Å². The third-order valence-corrected chi connectivity index (χ3v) is 2.94. The molecule has 0 saturated heterocycles. The van der Waals surface area contributed by atoms with Crippen molar-refractivity contribution >= 4 is 29.4 Å². The van der Waals surface area contributed by atoms with Gasteiger partial charge < -0.3 is 10.2 Å². The van der Waals surface area contributed by atoms with Crippen molar-refractivity contribution in [1.29, 1.82) is 0 Å². The Balaban J connectivity index is 3.33. The normalized spacial score (nSPS) is 12.6. The molecule has 96 valence electrons. The van der Waals surface area contributed by atoms with Crippen LogP contribution in [-0.4, -0.2) is 22.0 Å². The summed E-state index contributed by atoms with van der Waals surface area (Å²) in [4.78, 5) is 21.9. The van der Waals surface area contributed by atoms with Crippen molar-refractivity contribution in [3.63, 3.8) is 0 Å². The summed E-state index contributed by atoms with van der Waals surface area (Å²) in [7, 11) is 0. The van der Waals surface area contributed by atoms with E-state index in [-0.39, 0.29) is 12.4 Å². The van der Waals surface area contributed by atoms with Crippen LogP contribution in [0, 0.1) is 0 Å². The van der Waals surface area contributed by atoms with Gasteiger partial charge in [-0.15, -0.1) is 11.6 Å². The zero-order valence-electron chi connectivity index (χ0n) is 9.76. The van der Waals surface area contributed by atoms with Gasteiger partial charge in [-0.3, -0.25) is 4.79 Å². The number of carbonyl (C=O) groups is 2. The Labute approximate surface area is 110 Å². The number of carboxylic acids is 1. The molecule has 5 heteroatoms. The summed E-state index contributed by atoms with van der Waals surface area (Å²) in [5.74, 6) is -1.35. The van der Waals surface area contributed by atoms with E-state index in [0.29, 0.717) is 16.7 Å². The van der Waals surface area contributed by atoms with E-state index >= 15 is 0 Å². The van der Waals surface area contributed by atoms with Gasteiger partial charge in [-0.2, -0.15) is 0 Å². The number of benzene rings is 1. The van der Waals surface area contributed by atoms with Gasteiger partial charge in [0.2, 0.25) is 0 Å². The molecule has 0 amide bonds. The van der Waals surface area contributed by atoms with E-state index in [1.807, 2.05) is 0 Å². The monoisotopic (exact) mass is 268 g/mol. The summed E-state index contributed by atoms with van der Waals surface area (Å²) in [6, 6.07) is 4.96. The first-order valence-corrected chi connectivity index (χ1v) is 5.69. The lowest BCUT2D eigenvalue weighted by atomic mass is 9.96. The van der Waals surface area contributed by atoms with E-state index < -0.39 is 11.3 Å². The van der Waals surface area contributed by atoms with E-state index in [0.717, 1.165) is 6.08 Å². The fraction of sp³-hybridized carbons (Fsp3) is 0.231. The Hall–Kier alpha value is -1.65. The van der Waals surface area contributed by atoms with Crippen LogP contribution in [0.4, 0.5) is 0 Å². The highest BCUT2D eigenvalue weighted by molar-refractivity contribution is 6.31. The van der Waals surface area contributed by atoms with Gasteiger partial charge in [0.25, 0.3) is 0 Å². The minimum atomic E-state index is -1.09. The van der Waals surface area contributed by atoms with Crippen LogP contribution in [0.3, 0.4) is 0 Å². The molecule has 0 saturated carbocycles. The largest absolute Gasteiger partial charge is 0.478 e. The van der Waals surface area contributed by atoms with Crippen LogP contribution in [0.25, 0.3) is 6.08 Å². The first kappa shape index (κ1) is 14.4. The maximum Gasteiger partial charge on any atom is 0.328 e. The predicted molar refractivity (Wildman–Crippen MR) is 68.3 cm³/mol. The Morgan fingerprint density at radius 3 is 2.61 bits per heavy atom. The van der Waals surface area contributed by atoms with Crippen molar-refractivity contribution in [2.24, 2.45) is 0 Å². The van der Waals surface area contributed by atoms with E-state index in [1.165, 1.54) is 13.0 Å². The number of alkyl halides is 1. The summed E-state index contributed by atoms with van der Waals surface area (Å²) in [6.07, 6.45) is 2.32. The molecule has 2 N–H and O–H groups in total. The van der Waals surface area contributed by atoms with Gasteiger partial charge in [0.1, 0.15) is 5.38 Å². The second kappa shape index (κ2) is 6.33. The van der Waals surface area contributed by atoms with Gasteiger partial charge in [-0.1, -0.05) is 18.2 Å². The molecular formula is C13H13ClO4. The summed E-state index contributed by atoms with van der Waals surface area (Å²) < 4.78 is 0. The second-order valence-corrected chi connectivity index (χ2v) is 4.16. The maximum atomic E-state index is 11.3. The number of hydrogen-bond donors (Lipinski definition) is 2. The zero-order chi connectivity index (χ0) is 13.7. The summed E-state index contributed by atoms with van der Waals surface area (Å²) in [5, 5.41) is 16.9. The average molecular weight is 269 g/mol. The Morgan fingerprint density at radius 1 is 1.44 bits per heavy atom. The number of hydrogen-bond acceptors (Lipinski definition) is 3. The third kappa shape index (κ3) is 3.42. The minimum absolute atomic E-state index is 0.262. The molecule has 0 aliphatic rings. The number of aliphatic carboxylic acids is 1. The molecule has 1 aromatic carbocycles. The molecule has 1 atom stereocenters. The number of halogens is 1. The first-order chi connectivity index (χ1) is 8.47. The van der Waals surface area contributed by atoms with Crippen molar-refractivity contribution in [2.45, 2.75) is 18.9 Å². The molecule has 0 aliphatic carbocycles. The SMILES string of the molecule is CC(=O)C(Cl)c1c(C=CC(=O)O)cccc1CO. The highest BCUT2D eigenvalue weighted by Crippen LogP contribution is 2.29. The smallest absolute Gasteiger partial charge is 0.328 e. The van der Waals surface area contributed by atoms with Gasteiger partial charge in [0.15, 0.2) is 5.78 Å². The van der Waals surface area contributed by atoms with Crippen LogP contribution in [0.1, 0.15) is 29.0 Å². The van der Waals surface area contributed by atoms with Gasteiger partial charge >= 0.3 is 5.97 Å². The van der Waals surface area contributed by atoms with Crippen molar-refractivity contribution in [1.82, 2.24) is 0 Å². The number of carbonyl (C=O) groups excluding carboxylic acids is 1. The van der Waals surface area contributed by atoms with E-state index in [9.17, 15) is 14.7 Å². The predicted octanol–water partition coefficient (Wildman–Crippen LogP) is 2.15. The topological polar surface area (TPSA) is 74.6 Å². The Bertz CT molecular complexity index is 494. The summed E-state index contributed by atoms with van der Waals surface area (Å²) in [6.45, 7) is 1.08. The molecule has 4 nitrogen and oxygen atoms in total. The van der Waals surface area contributed by atoms with Crippen LogP contribution in [-0.2, 0) is 16.2 Å². The number of aliphatic hydroxyl groups is 1. The van der Waals surface area contributed by atoms with Gasteiger partial charge in [0.05, 0.1) is 6.61 Å². The number of carboxylic acid groups (broad SMARTS) is 1. The average Bonchev–Trinajstić information content (AvgIpc) is 2.34. The first-order valence-electron chi connectivity index (χ1n) is 5.25. The molecule has 1 rings (SSSR count).